The number of rotatable bonds is 3. The third kappa shape index (κ3) is 3.05. The first kappa shape index (κ1) is 17.6. The van der Waals surface area contributed by atoms with Gasteiger partial charge in [-0.1, -0.05) is 30.3 Å². The van der Waals surface area contributed by atoms with Crippen LogP contribution in [0, 0.1) is 5.82 Å². The van der Waals surface area contributed by atoms with Crippen molar-refractivity contribution in [2.75, 3.05) is 12.8 Å². The van der Waals surface area contributed by atoms with E-state index in [4.69, 9.17) is 10.5 Å². The van der Waals surface area contributed by atoms with Gasteiger partial charge in [0.1, 0.15) is 5.82 Å². The third-order valence-corrected chi connectivity index (χ3v) is 4.53. The number of benzene rings is 2. The standard InChI is InChI=1S/C22H16FN3O2/c1-28-22(27)19-17-11-16(23)8-9-18(17)26-21(20(19)24)14-6-4-13(5-7-14)15-3-2-10-25-12-15/h2-12H,24H2,1H3. The number of carbonyl (C=O) groups excluding carboxylic acids is 1. The average molecular weight is 373 g/mol. The minimum absolute atomic E-state index is 0.110. The van der Waals surface area contributed by atoms with E-state index < -0.39 is 11.8 Å². The molecule has 6 heteroatoms. The molecule has 138 valence electrons. The highest BCUT2D eigenvalue weighted by Gasteiger charge is 2.21. The number of nitrogens with zero attached hydrogens (tertiary/aromatic N) is 2. The smallest absolute Gasteiger partial charge is 0.340 e. The summed E-state index contributed by atoms with van der Waals surface area (Å²) < 4.78 is 18.6. The zero-order valence-electron chi connectivity index (χ0n) is 15.0. The molecule has 0 atom stereocenters. The first-order valence-corrected chi connectivity index (χ1v) is 8.56. The summed E-state index contributed by atoms with van der Waals surface area (Å²) in [5.74, 6) is -1.11. The Bertz CT molecular complexity index is 1180. The lowest BCUT2D eigenvalue weighted by Crippen LogP contribution is -2.09. The van der Waals surface area contributed by atoms with Crippen LogP contribution in [0.2, 0.25) is 0 Å². The molecule has 0 saturated heterocycles. The Morgan fingerprint density at radius 1 is 1.04 bits per heavy atom. The van der Waals surface area contributed by atoms with Crippen molar-refractivity contribution in [3.8, 4) is 22.4 Å². The number of aromatic nitrogens is 2. The van der Waals surface area contributed by atoms with Crippen LogP contribution in [0.1, 0.15) is 10.4 Å². The van der Waals surface area contributed by atoms with Gasteiger partial charge in [0.25, 0.3) is 0 Å². The number of nitrogen functional groups attached to an aromatic ring is 1. The van der Waals surface area contributed by atoms with Crippen molar-refractivity contribution in [3.63, 3.8) is 0 Å². The number of methoxy groups -OCH3 is 1. The number of carbonyl (C=O) groups is 1. The summed E-state index contributed by atoms with van der Waals surface area (Å²) in [7, 11) is 1.26. The van der Waals surface area contributed by atoms with Gasteiger partial charge < -0.3 is 10.5 Å². The normalized spacial score (nSPS) is 10.8. The predicted molar refractivity (Wildman–Crippen MR) is 106 cm³/mol. The Morgan fingerprint density at radius 2 is 1.79 bits per heavy atom. The molecule has 28 heavy (non-hydrogen) atoms. The van der Waals surface area contributed by atoms with Gasteiger partial charge in [0.2, 0.25) is 0 Å². The van der Waals surface area contributed by atoms with Crippen LogP contribution in [0.15, 0.2) is 67.0 Å². The van der Waals surface area contributed by atoms with Crippen LogP contribution < -0.4 is 5.73 Å². The fraction of sp³-hybridized carbons (Fsp3) is 0.0455. The van der Waals surface area contributed by atoms with Crippen LogP contribution in [0.25, 0.3) is 33.3 Å². The monoisotopic (exact) mass is 373 g/mol. The number of hydrogen-bond acceptors (Lipinski definition) is 5. The molecule has 0 unspecified atom stereocenters. The van der Waals surface area contributed by atoms with E-state index in [1.165, 1.54) is 25.3 Å². The third-order valence-electron chi connectivity index (χ3n) is 4.53. The number of fused-ring (bicyclic) bond motifs is 1. The molecule has 2 heterocycles. The highest BCUT2D eigenvalue weighted by molar-refractivity contribution is 6.10. The Morgan fingerprint density at radius 3 is 2.46 bits per heavy atom. The zero-order valence-corrected chi connectivity index (χ0v) is 15.0. The van der Waals surface area contributed by atoms with Gasteiger partial charge in [-0.25, -0.2) is 14.2 Å². The summed E-state index contributed by atoms with van der Waals surface area (Å²) in [5.41, 5.74) is 10.1. The number of pyridine rings is 2. The number of nitrogens with two attached hydrogens (primary N) is 1. The van der Waals surface area contributed by atoms with Crippen LogP contribution in [0.3, 0.4) is 0 Å². The molecule has 5 nitrogen and oxygen atoms in total. The summed E-state index contributed by atoms with van der Waals surface area (Å²) in [6, 6.07) is 15.5. The SMILES string of the molecule is COC(=O)c1c(N)c(-c2ccc(-c3cccnc3)cc2)nc2ccc(F)cc12. The van der Waals surface area contributed by atoms with E-state index in [1.807, 2.05) is 36.4 Å². The lowest BCUT2D eigenvalue weighted by molar-refractivity contribution is 0.0604. The first-order chi connectivity index (χ1) is 13.6. The molecule has 0 amide bonds. The molecule has 0 fully saturated rings. The van der Waals surface area contributed by atoms with E-state index in [2.05, 4.69) is 9.97 Å². The van der Waals surface area contributed by atoms with Crippen molar-refractivity contribution in [3.05, 3.63) is 78.4 Å². The maximum Gasteiger partial charge on any atom is 0.340 e. The lowest BCUT2D eigenvalue weighted by Gasteiger charge is -2.13. The van der Waals surface area contributed by atoms with Gasteiger partial charge in [0.15, 0.2) is 0 Å². The molecule has 0 aliphatic heterocycles. The molecule has 0 bridgehead atoms. The van der Waals surface area contributed by atoms with E-state index >= 15 is 0 Å². The Hall–Kier alpha value is -3.80. The molecule has 0 spiro atoms. The minimum Gasteiger partial charge on any atom is -0.465 e. The molecule has 4 rings (SSSR count). The topological polar surface area (TPSA) is 78.1 Å². The van der Waals surface area contributed by atoms with E-state index in [9.17, 15) is 9.18 Å². The summed E-state index contributed by atoms with van der Waals surface area (Å²) in [6.45, 7) is 0. The van der Waals surface area contributed by atoms with E-state index in [1.54, 1.807) is 12.4 Å². The summed E-state index contributed by atoms with van der Waals surface area (Å²) in [4.78, 5) is 21.0. The number of ether oxygens (including phenoxy) is 1. The maximum atomic E-state index is 13.7. The predicted octanol–water partition coefficient (Wildman–Crippen LogP) is 4.47. The largest absolute Gasteiger partial charge is 0.465 e. The van der Waals surface area contributed by atoms with Crippen molar-refractivity contribution >= 4 is 22.6 Å². The van der Waals surface area contributed by atoms with Gasteiger partial charge in [-0.3, -0.25) is 4.98 Å². The van der Waals surface area contributed by atoms with Crippen molar-refractivity contribution in [2.24, 2.45) is 0 Å². The van der Waals surface area contributed by atoms with Crippen molar-refractivity contribution in [1.82, 2.24) is 9.97 Å². The summed E-state index contributed by atoms with van der Waals surface area (Å²) in [5, 5.41) is 0.320. The molecule has 0 aliphatic carbocycles. The molecule has 0 saturated carbocycles. The Balaban J connectivity index is 1.88. The van der Waals surface area contributed by atoms with Crippen LogP contribution in [0.5, 0.6) is 0 Å². The zero-order chi connectivity index (χ0) is 19.7. The van der Waals surface area contributed by atoms with Crippen LogP contribution in [0.4, 0.5) is 10.1 Å². The molecular formula is C22H16FN3O2. The van der Waals surface area contributed by atoms with E-state index in [-0.39, 0.29) is 11.3 Å². The highest BCUT2D eigenvalue weighted by atomic mass is 19.1. The molecule has 0 radical (unpaired) electrons. The fourth-order valence-corrected chi connectivity index (χ4v) is 3.15. The van der Waals surface area contributed by atoms with Gasteiger partial charge in [-0.15, -0.1) is 0 Å². The quantitative estimate of drug-likeness (QED) is 0.536. The minimum atomic E-state index is -0.635. The summed E-state index contributed by atoms with van der Waals surface area (Å²) in [6.07, 6.45) is 3.50. The number of hydrogen-bond donors (Lipinski definition) is 1. The Labute approximate surface area is 160 Å². The van der Waals surface area contributed by atoms with E-state index in [0.29, 0.717) is 16.6 Å². The number of halogens is 1. The van der Waals surface area contributed by atoms with Gasteiger partial charge in [0, 0.05) is 23.3 Å². The summed E-state index contributed by atoms with van der Waals surface area (Å²) >= 11 is 0. The molecule has 4 aromatic rings. The molecule has 2 aromatic heterocycles. The fourth-order valence-electron chi connectivity index (χ4n) is 3.15. The lowest BCUT2D eigenvalue weighted by atomic mass is 9.99. The number of esters is 1. The molecule has 2 N–H and O–H groups in total. The Kier molecular flexibility index (Phi) is 4.45. The van der Waals surface area contributed by atoms with Gasteiger partial charge >= 0.3 is 5.97 Å². The second-order valence-corrected chi connectivity index (χ2v) is 6.22. The molecule has 0 aliphatic rings. The van der Waals surface area contributed by atoms with Crippen LogP contribution >= 0.6 is 0 Å². The van der Waals surface area contributed by atoms with Crippen molar-refractivity contribution in [2.45, 2.75) is 0 Å². The first-order valence-electron chi connectivity index (χ1n) is 8.56. The van der Waals surface area contributed by atoms with Crippen LogP contribution in [-0.4, -0.2) is 23.0 Å². The molecule has 2 aromatic carbocycles. The second kappa shape index (κ2) is 7.08. The van der Waals surface area contributed by atoms with Gasteiger partial charge in [-0.05, 0) is 35.4 Å². The average Bonchev–Trinajstić information content (AvgIpc) is 2.74. The van der Waals surface area contributed by atoms with Crippen LogP contribution in [-0.2, 0) is 4.74 Å². The van der Waals surface area contributed by atoms with Gasteiger partial charge in [-0.2, -0.15) is 0 Å². The highest BCUT2D eigenvalue weighted by Crippen LogP contribution is 2.34. The van der Waals surface area contributed by atoms with Gasteiger partial charge in [0.05, 0.1) is 29.6 Å². The molecular weight excluding hydrogens is 357 g/mol. The maximum absolute atomic E-state index is 13.7. The van der Waals surface area contributed by atoms with Crippen molar-refractivity contribution < 1.29 is 13.9 Å². The van der Waals surface area contributed by atoms with E-state index in [0.717, 1.165) is 16.7 Å². The second-order valence-electron chi connectivity index (χ2n) is 6.22. The van der Waals surface area contributed by atoms with Crippen molar-refractivity contribution in [1.29, 1.82) is 0 Å². The number of anilines is 1.